The van der Waals surface area contributed by atoms with Gasteiger partial charge in [0.25, 0.3) is 0 Å². The van der Waals surface area contributed by atoms with Gasteiger partial charge in [0.15, 0.2) is 0 Å². The third-order valence-corrected chi connectivity index (χ3v) is 16.7. The summed E-state index contributed by atoms with van der Waals surface area (Å²) in [6.07, 6.45) is 0. The second-order valence-corrected chi connectivity index (χ2v) is 23.8. The van der Waals surface area contributed by atoms with Gasteiger partial charge in [0.1, 0.15) is 0 Å². The molecule has 0 aliphatic heterocycles. The summed E-state index contributed by atoms with van der Waals surface area (Å²) in [5, 5.41) is 5.47. The summed E-state index contributed by atoms with van der Waals surface area (Å²) in [7, 11) is 2.22. The van der Waals surface area contributed by atoms with Gasteiger partial charge in [0.05, 0.1) is 27.3 Å². The predicted octanol–water partition coefficient (Wildman–Crippen LogP) is 20.9. The van der Waals surface area contributed by atoms with Gasteiger partial charge in [0, 0.05) is 45.2 Å². The molecule has 3 heteroatoms. The maximum absolute atomic E-state index is 8.37. The van der Waals surface area contributed by atoms with E-state index >= 15 is 0 Å². The Balaban J connectivity index is 1.22. The molecule has 2 nitrogen and oxygen atoms in total. The van der Waals surface area contributed by atoms with E-state index in [1.165, 1.54) is 105 Å². The van der Waals surface area contributed by atoms with Crippen molar-refractivity contribution in [1.29, 1.82) is 0 Å². The molecule has 12 rings (SSSR count). The van der Waals surface area contributed by atoms with Crippen LogP contribution in [0.2, 0.25) is 5.02 Å². The van der Waals surface area contributed by atoms with Crippen LogP contribution in [0.3, 0.4) is 0 Å². The molecule has 0 spiro atoms. The number of hydrogen-bond donors (Lipinski definition) is 0. The van der Waals surface area contributed by atoms with Crippen LogP contribution in [0, 0.1) is 27.7 Å². The van der Waals surface area contributed by atoms with Crippen LogP contribution in [0.1, 0.15) is 74.9 Å². The van der Waals surface area contributed by atoms with Crippen molar-refractivity contribution in [2.75, 3.05) is 0 Å². The van der Waals surface area contributed by atoms with Crippen LogP contribution in [0.4, 0.5) is 0 Å². The monoisotopic (exact) mass is 1000 g/mol. The van der Waals surface area contributed by atoms with Gasteiger partial charge in [-0.2, -0.15) is 0 Å². The number of fused-ring (bicyclic) bond motifs is 6. The van der Waals surface area contributed by atoms with E-state index in [0.717, 1.165) is 44.5 Å². The molecule has 374 valence electrons. The van der Waals surface area contributed by atoms with Gasteiger partial charge in [-0.3, -0.25) is 0 Å². The fraction of sp³-hybridized carbons (Fsp3) is 0.178. The minimum atomic E-state index is -0.0844. The number of aromatic nitrogens is 2. The van der Waals surface area contributed by atoms with Crippen molar-refractivity contribution >= 4 is 55.2 Å². The van der Waals surface area contributed by atoms with E-state index in [1.54, 1.807) is 0 Å². The molecule has 10 aromatic carbocycles. The second-order valence-electron chi connectivity index (χ2n) is 23.4. The third kappa shape index (κ3) is 8.35. The average molecular weight is 1010 g/mol. The van der Waals surface area contributed by atoms with Gasteiger partial charge in [-0.05, 0) is 188 Å². The summed E-state index contributed by atoms with van der Waals surface area (Å²) in [6.45, 7) is 22.8. The van der Waals surface area contributed by atoms with Crippen molar-refractivity contribution in [2.45, 2.75) is 80.1 Å². The average Bonchev–Trinajstić information content (AvgIpc) is 4.00. The lowest BCUT2D eigenvalue weighted by molar-refractivity contribution is 0.569. The normalized spacial score (nSPS) is 12.2. The minimum absolute atomic E-state index is 0.0844. The Morgan fingerprint density at radius 3 is 1.13 bits per heavy atom. The Hall–Kier alpha value is -7.91. The first-order chi connectivity index (χ1) is 36.4. The fourth-order valence-electron chi connectivity index (χ4n) is 11.9. The first kappa shape index (κ1) is 49.0. The summed E-state index contributed by atoms with van der Waals surface area (Å²) in [4.78, 5) is 0. The fourth-order valence-corrected chi connectivity index (χ4v) is 12.2. The van der Waals surface area contributed by atoms with Gasteiger partial charge >= 0.3 is 0 Å². The summed E-state index contributed by atoms with van der Waals surface area (Å²) >= 11 is 8.37. The Labute approximate surface area is 453 Å². The maximum Gasteiger partial charge on any atom is 0.0726 e. The maximum atomic E-state index is 8.37. The third-order valence-electron chi connectivity index (χ3n) is 16.3. The molecular weight excluding hydrogens is 940 g/mol. The first-order valence-corrected chi connectivity index (χ1v) is 27.2. The molecule has 0 N–H and O–H groups in total. The van der Waals surface area contributed by atoms with E-state index < -0.39 is 0 Å². The summed E-state index contributed by atoms with van der Waals surface area (Å²) < 4.78 is 4.84. The molecule has 0 aliphatic rings. The molecule has 0 amide bonds. The van der Waals surface area contributed by atoms with Crippen molar-refractivity contribution in [1.82, 2.24) is 9.13 Å². The van der Waals surface area contributed by atoms with Crippen LogP contribution >= 0.6 is 11.6 Å². The van der Waals surface area contributed by atoms with E-state index in [1.807, 2.05) is 0 Å². The SMILES string of the molecule is Cc1ccccc1-c1ccc2c(c1)c1cc(-c3ccccc3C)cc(-c3cc(-c4cc(C(C)(C)C)cc(C(C)(C)C)c4)cc(-n4c5ccc(-c6ccccc6C)cc5c5cc(-c6ccccc6C)ccc54)c3Cl)c1n2C. The Morgan fingerprint density at radius 1 is 0.329 bits per heavy atom. The molecule has 0 bridgehead atoms. The number of aryl methyl sites for hydroxylation is 5. The van der Waals surface area contributed by atoms with Crippen LogP contribution in [-0.4, -0.2) is 9.13 Å². The highest BCUT2D eigenvalue weighted by Crippen LogP contribution is 2.48. The van der Waals surface area contributed by atoms with Crippen LogP contribution in [0.5, 0.6) is 0 Å². The van der Waals surface area contributed by atoms with Crippen LogP contribution in [0.25, 0.3) is 116 Å². The molecule has 0 atom stereocenters. The van der Waals surface area contributed by atoms with E-state index in [9.17, 15) is 0 Å². The Bertz CT molecular complexity index is 4180. The molecule has 2 aromatic heterocycles. The molecule has 12 aromatic rings. The second kappa shape index (κ2) is 18.4. The molecular formula is C73H65ClN2. The zero-order chi connectivity index (χ0) is 52.9. The molecule has 0 saturated carbocycles. The van der Waals surface area contributed by atoms with Gasteiger partial charge in [-0.1, -0.05) is 187 Å². The van der Waals surface area contributed by atoms with Crippen molar-refractivity contribution in [3.8, 4) is 72.4 Å². The van der Waals surface area contributed by atoms with Crippen molar-refractivity contribution in [3.63, 3.8) is 0 Å². The van der Waals surface area contributed by atoms with E-state index in [4.69, 9.17) is 11.6 Å². The number of nitrogens with zero attached hydrogens (tertiary/aromatic N) is 2. The lowest BCUT2D eigenvalue weighted by Gasteiger charge is -2.27. The first-order valence-electron chi connectivity index (χ1n) is 26.8. The lowest BCUT2D eigenvalue weighted by atomic mass is 9.78. The standard InChI is InChI=1S/C73H65ClN2/c1-44-20-12-16-24-56(44)48-28-31-66-62(38-48)64-40-53(59-27-19-15-23-47(59)4)41-65(71(64)75(66)11)63-39-52(51-34-54(72(5,6)7)43-55(35-51)73(8,9)10)42-69(70(63)74)76-67-32-29-49(57-25-17-13-21-45(57)2)36-60(67)61-37-50(30-33-68(61)76)58-26-18-14-22-46(58)3/h12-43H,1-11H3. The van der Waals surface area contributed by atoms with Gasteiger partial charge in [-0.25, -0.2) is 0 Å². The zero-order valence-corrected chi connectivity index (χ0v) is 46.5. The molecule has 76 heavy (non-hydrogen) atoms. The van der Waals surface area contributed by atoms with Crippen molar-refractivity contribution in [2.24, 2.45) is 7.05 Å². The quantitative estimate of drug-likeness (QED) is 0.151. The minimum Gasteiger partial charge on any atom is -0.343 e. The predicted molar refractivity (Wildman–Crippen MR) is 329 cm³/mol. The van der Waals surface area contributed by atoms with Crippen LogP contribution in [-0.2, 0) is 17.9 Å². The molecule has 0 aliphatic carbocycles. The largest absolute Gasteiger partial charge is 0.343 e. The molecule has 0 saturated heterocycles. The highest BCUT2D eigenvalue weighted by molar-refractivity contribution is 6.36. The molecule has 0 fully saturated rings. The topological polar surface area (TPSA) is 9.86 Å². The lowest BCUT2D eigenvalue weighted by Crippen LogP contribution is -2.16. The summed E-state index contributed by atoms with van der Waals surface area (Å²) in [5.41, 5.74) is 26.9. The molecule has 0 radical (unpaired) electrons. The highest BCUT2D eigenvalue weighted by Gasteiger charge is 2.26. The summed E-state index contributed by atoms with van der Waals surface area (Å²) in [5.74, 6) is 0. The summed E-state index contributed by atoms with van der Waals surface area (Å²) in [6, 6.07) is 72.7. The van der Waals surface area contributed by atoms with Gasteiger partial charge < -0.3 is 9.13 Å². The van der Waals surface area contributed by atoms with E-state index in [0.29, 0.717) is 5.02 Å². The van der Waals surface area contributed by atoms with Crippen LogP contribution < -0.4 is 0 Å². The Morgan fingerprint density at radius 2 is 0.697 bits per heavy atom. The molecule has 2 heterocycles. The van der Waals surface area contributed by atoms with Gasteiger partial charge in [-0.15, -0.1) is 0 Å². The Kier molecular flexibility index (Phi) is 11.9. The van der Waals surface area contributed by atoms with Crippen molar-refractivity contribution in [3.05, 3.63) is 233 Å². The van der Waals surface area contributed by atoms with E-state index in [-0.39, 0.29) is 10.8 Å². The zero-order valence-electron chi connectivity index (χ0n) is 45.7. The van der Waals surface area contributed by atoms with Crippen LogP contribution in [0.15, 0.2) is 194 Å². The smallest absolute Gasteiger partial charge is 0.0726 e. The number of benzene rings is 10. The number of hydrogen-bond acceptors (Lipinski definition) is 0. The van der Waals surface area contributed by atoms with Gasteiger partial charge in [0.2, 0.25) is 0 Å². The molecule has 0 unspecified atom stereocenters. The highest BCUT2D eigenvalue weighted by atomic mass is 35.5. The van der Waals surface area contributed by atoms with E-state index in [2.05, 4.69) is 280 Å². The number of rotatable bonds is 7. The van der Waals surface area contributed by atoms with Crippen molar-refractivity contribution < 1.29 is 0 Å². The number of halogens is 1.